The van der Waals surface area contributed by atoms with E-state index in [0.29, 0.717) is 37.3 Å². The molecule has 2 amide bonds. The monoisotopic (exact) mass is 378 g/mol. The number of piperazine rings is 1. The predicted molar refractivity (Wildman–Crippen MR) is 107 cm³/mol. The molecule has 146 valence electrons. The first kappa shape index (κ1) is 18.6. The van der Waals surface area contributed by atoms with Crippen molar-refractivity contribution in [3.8, 4) is 0 Å². The van der Waals surface area contributed by atoms with Crippen LogP contribution in [0.25, 0.3) is 0 Å². The van der Waals surface area contributed by atoms with Crippen molar-refractivity contribution < 1.29 is 9.59 Å². The van der Waals surface area contributed by atoms with Crippen molar-refractivity contribution in [1.82, 2.24) is 19.7 Å². The highest BCUT2D eigenvalue weighted by molar-refractivity contribution is 5.99. The molecule has 1 saturated heterocycles. The summed E-state index contributed by atoms with van der Waals surface area (Å²) in [6, 6.07) is 9.94. The molecule has 4 rings (SSSR count). The van der Waals surface area contributed by atoms with E-state index in [1.165, 1.54) is 11.1 Å². The minimum absolute atomic E-state index is 0.0399. The van der Waals surface area contributed by atoms with Crippen LogP contribution in [0.15, 0.2) is 42.7 Å². The van der Waals surface area contributed by atoms with Crippen LogP contribution in [0.1, 0.15) is 38.8 Å². The molecule has 1 fully saturated rings. The Balaban J connectivity index is 1.46. The lowest BCUT2D eigenvalue weighted by molar-refractivity contribution is 0.0643. The number of aromatic nitrogens is 1. The van der Waals surface area contributed by atoms with Crippen LogP contribution in [0.2, 0.25) is 0 Å². The van der Waals surface area contributed by atoms with E-state index in [1.54, 1.807) is 18.5 Å². The van der Waals surface area contributed by atoms with Gasteiger partial charge in [0.15, 0.2) is 0 Å². The number of carbonyl (C=O) groups excluding carboxylic acids is 2. The summed E-state index contributed by atoms with van der Waals surface area (Å²) in [6.45, 7) is 7.64. The first-order chi connectivity index (χ1) is 13.7. The SMILES string of the molecule is CCN1CCN(C(=O)c2cncc(C(=O)N3CCc4ccccc4C3)c2)CC1. The van der Waals surface area contributed by atoms with Crippen molar-refractivity contribution in [3.63, 3.8) is 0 Å². The third-order valence-electron chi connectivity index (χ3n) is 5.76. The summed E-state index contributed by atoms with van der Waals surface area (Å²) in [7, 11) is 0. The molecule has 2 aromatic rings. The number of rotatable bonds is 3. The molecule has 2 aliphatic rings. The van der Waals surface area contributed by atoms with Gasteiger partial charge in [-0.2, -0.15) is 0 Å². The second-order valence-corrected chi connectivity index (χ2v) is 7.43. The summed E-state index contributed by atoms with van der Waals surface area (Å²) in [5.41, 5.74) is 3.47. The molecule has 0 aliphatic carbocycles. The van der Waals surface area contributed by atoms with Gasteiger partial charge >= 0.3 is 0 Å². The average molecular weight is 378 g/mol. The Morgan fingerprint density at radius 3 is 2.21 bits per heavy atom. The maximum atomic E-state index is 13.0. The Hall–Kier alpha value is -2.73. The maximum Gasteiger partial charge on any atom is 0.255 e. The molecule has 1 aromatic carbocycles. The Morgan fingerprint density at radius 1 is 0.893 bits per heavy atom. The standard InChI is InChI=1S/C22H26N4O2/c1-2-24-9-11-25(12-10-24)21(27)19-13-20(15-23-14-19)22(28)26-8-7-17-5-3-4-6-18(17)16-26/h3-6,13-15H,2,7-12,16H2,1H3. The number of nitrogens with zero attached hydrogens (tertiary/aromatic N) is 4. The molecule has 0 N–H and O–H groups in total. The number of hydrogen-bond donors (Lipinski definition) is 0. The number of carbonyl (C=O) groups is 2. The normalized spacial score (nSPS) is 17.3. The molecule has 0 unspecified atom stereocenters. The van der Waals surface area contributed by atoms with Crippen LogP contribution in [-0.2, 0) is 13.0 Å². The first-order valence-corrected chi connectivity index (χ1v) is 9.98. The fourth-order valence-electron chi connectivity index (χ4n) is 3.98. The molecule has 2 aliphatic heterocycles. The van der Waals surface area contributed by atoms with Gasteiger partial charge in [-0.25, -0.2) is 0 Å². The van der Waals surface area contributed by atoms with Crippen molar-refractivity contribution in [2.24, 2.45) is 0 Å². The van der Waals surface area contributed by atoms with Gasteiger partial charge in [0.2, 0.25) is 0 Å². The zero-order chi connectivity index (χ0) is 19.5. The second kappa shape index (κ2) is 8.10. The van der Waals surface area contributed by atoms with Gasteiger partial charge < -0.3 is 14.7 Å². The molecule has 0 bridgehead atoms. The number of fused-ring (bicyclic) bond motifs is 1. The number of benzene rings is 1. The summed E-state index contributed by atoms with van der Waals surface area (Å²) in [4.78, 5) is 36.1. The van der Waals surface area contributed by atoms with Crippen molar-refractivity contribution in [2.75, 3.05) is 39.3 Å². The summed E-state index contributed by atoms with van der Waals surface area (Å²) in [6.07, 6.45) is 3.99. The van der Waals surface area contributed by atoms with Gasteiger partial charge in [0.05, 0.1) is 11.1 Å². The molecule has 0 spiro atoms. The van der Waals surface area contributed by atoms with Crippen LogP contribution in [-0.4, -0.2) is 70.8 Å². The van der Waals surface area contributed by atoms with E-state index in [1.807, 2.05) is 21.9 Å². The summed E-state index contributed by atoms with van der Waals surface area (Å²) in [5.74, 6) is -0.102. The molecule has 6 nitrogen and oxygen atoms in total. The van der Waals surface area contributed by atoms with Gasteiger partial charge in [-0.05, 0) is 30.2 Å². The maximum absolute atomic E-state index is 13.0. The van der Waals surface area contributed by atoms with Gasteiger partial charge in [0.1, 0.15) is 0 Å². The molecular formula is C22H26N4O2. The van der Waals surface area contributed by atoms with E-state index in [4.69, 9.17) is 0 Å². The zero-order valence-electron chi connectivity index (χ0n) is 16.3. The van der Waals surface area contributed by atoms with Gasteiger partial charge in [-0.3, -0.25) is 14.6 Å². The topological polar surface area (TPSA) is 56.8 Å². The lowest BCUT2D eigenvalue weighted by Gasteiger charge is -2.34. The van der Waals surface area contributed by atoms with E-state index in [9.17, 15) is 9.59 Å². The van der Waals surface area contributed by atoms with Gasteiger partial charge in [-0.15, -0.1) is 0 Å². The molecular weight excluding hydrogens is 352 g/mol. The van der Waals surface area contributed by atoms with E-state index < -0.39 is 0 Å². The highest BCUT2D eigenvalue weighted by Gasteiger charge is 2.25. The molecule has 0 atom stereocenters. The smallest absolute Gasteiger partial charge is 0.255 e. The lowest BCUT2D eigenvalue weighted by Crippen LogP contribution is -2.48. The molecule has 1 aromatic heterocycles. The van der Waals surface area contributed by atoms with Crippen LogP contribution < -0.4 is 0 Å². The molecule has 0 saturated carbocycles. The third-order valence-corrected chi connectivity index (χ3v) is 5.76. The summed E-state index contributed by atoms with van der Waals surface area (Å²) >= 11 is 0. The molecule has 6 heteroatoms. The van der Waals surface area contributed by atoms with Crippen molar-refractivity contribution >= 4 is 11.8 Å². The predicted octanol–water partition coefficient (Wildman–Crippen LogP) is 2.06. The summed E-state index contributed by atoms with van der Waals surface area (Å²) < 4.78 is 0. The van der Waals surface area contributed by atoms with Gasteiger partial charge in [0, 0.05) is 51.7 Å². The Morgan fingerprint density at radius 2 is 1.54 bits per heavy atom. The van der Waals surface area contributed by atoms with Crippen molar-refractivity contribution in [3.05, 3.63) is 65.0 Å². The Bertz CT molecular complexity index is 874. The van der Waals surface area contributed by atoms with Crippen LogP contribution in [0, 0.1) is 0 Å². The first-order valence-electron chi connectivity index (χ1n) is 9.98. The summed E-state index contributed by atoms with van der Waals surface area (Å²) in [5, 5.41) is 0. The van der Waals surface area contributed by atoms with Gasteiger partial charge in [0.25, 0.3) is 11.8 Å². The van der Waals surface area contributed by atoms with Crippen molar-refractivity contribution in [2.45, 2.75) is 19.9 Å². The minimum atomic E-state index is -0.0625. The van der Waals surface area contributed by atoms with E-state index in [-0.39, 0.29) is 11.8 Å². The quantitative estimate of drug-likeness (QED) is 0.820. The highest BCUT2D eigenvalue weighted by atomic mass is 16.2. The average Bonchev–Trinajstić information content (AvgIpc) is 2.78. The van der Waals surface area contributed by atoms with E-state index >= 15 is 0 Å². The molecule has 28 heavy (non-hydrogen) atoms. The van der Waals surface area contributed by atoms with E-state index in [2.05, 4.69) is 28.9 Å². The van der Waals surface area contributed by atoms with Crippen LogP contribution in [0.3, 0.4) is 0 Å². The molecule has 3 heterocycles. The second-order valence-electron chi connectivity index (χ2n) is 7.43. The fraction of sp³-hybridized carbons (Fsp3) is 0.409. The number of hydrogen-bond acceptors (Lipinski definition) is 4. The Labute approximate surface area is 165 Å². The zero-order valence-corrected chi connectivity index (χ0v) is 16.3. The number of amides is 2. The third kappa shape index (κ3) is 3.78. The number of pyridine rings is 1. The van der Waals surface area contributed by atoms with E-state index in [0.717, 1.165) is 26.1 Å². The number of likely N-dealkylation sites (N-methyl/N-ethyl adjacent to an activating group) is 1. The largest absolute Gasteiger partial charge is 0.336 e. The van der Waals surface area contributed by atoms with Gasteiger partial charge in [-0.1, -0.05) is 31.2 Å². The Kier molecular flexibility index (Phi) is 5.39. The highest BCUT2D eigenvalue weighted by Crippen LogP contribution is 2.20. The molecule has 0 radical (unpaired) electrons. The van der Waals surface area contributed by atoms with Crippen LogP contribution in [0.5, 0.6) is 0 Å². The lowest BCUT2D eigenvalue weighted by atomic mass is 9.99. The minimum Gasteiger partial charge on any atom is -0.336 e. The fourth-order valence-corrected chi connectivity index (χ4v) is 3.98. The van der Waals surface area contributed by atoms with Crippen molar-refractivity contribution in [1.29, 1.82) is 0 Å². The van der Waals surface area contributed by atoms with Crippen LogP contribution in [0.4, 0.5) is 0 Å². The van der Waals surface area contributed by atoms with Crippen LogP contribution >= 0.6 is 0 Å².